The fraction of sp³-hybridized carbons (Fsp3) is 0.444. The molecule has 1 aromatic heterocycles. The van der Waals surface area contributed by atoms with Crippen molar-refractivity contribution in [2.75, 3.05) is 38.1 Å². The summed E-state index contributed by atoms with van der Waals surface area (Å²) >= 11 is 7.83. The van der Waals surface area contributed by atoms with Crippen LogP contribution in [0.1, 0.15) is 17.6 Å². The van der Waals surface area contributed by atoms with Crippen LogP contribution in [0.2, 0.25) is 5.02 Å². The molecule has 25 heavy (non-hydrogen) atoms. The van der Waals surface area contributed by atoms with E-state index in [2.05, 4.69) is 43.5 Å². The Morgan fingerprint density at radius 3 is 2.76 bits per heavy atom. The van der Waals surface area contributed by atoms with Gasteiger partial charge < -0.3 is 15.1 Å². The maximum atomic E-state index is 6.11. The summed E-state index contributed by atoms with van der Waals surface area (Å²) in [6.07, 6.45) is 0.991. The van der Waals surface area contributed by atoms with Crippen LogP contribution in [0.5, 0.6) is 0 Å². The van der Waals surface area contributed by atoms with Crippen LogP contribution in [0, 0.1) is 0 Å². The van der Waals surface area contributed by atoms with Crippen LogP contribution in [0.15, 0.2) is 34.6 Å². The molecule has 2 heterocycles. The molecule has 1 fully saturated rings. The molecule has 0 radical (unpaired) electrons. The molecular formula is C18H24ClN5S. The summed E-state index contributed by atoms with van der Waals surface area (Å²) in [7, 11) is 1.84. The maximum absolute atomic E-state index is 6.11. The van der Waals surface area contributed by atoms with Crippen LogP contribution >= 0.6 is 22.9 Å². The Bertz CT molecular complexity index is 722. The van der Waals surface area contributed by atoms with Crippen LogP contribution in [0.25, 0.3) is 0 Å². The Morgan fingerprint density at radius 2 is 2.12 bits per heavy atom. The van der Waals surface area contributed by atoms with E-state index in [-0.39, 0.29) is 0 Å². The van der Waals surface area contributed by atoms with E-state index < -0.39 is 0 Å². The molecule has 2 aromatic rings. The Kier molecular flexibility index (Phi) is 6.15. The van der Waals surface area contributed by atoms with Crippen molar-refractivity contribution in [3.8, 4) is 0 Å². The molecule has 0 saturated carbocycles. The van der Waals surface area contributed by atoms with E-state index in [0.29, 0.717) is 0 Å². The fourth-order valence-corrected chi connectivity index (χ4v) is 3.87. The van der Waals surface area contributed by atoms with Crippen LogP contribution in [0.3, 0.4) is 0 Å². The summed E-state index contributed by atoms with van der Waals surface area (Å²) in [5.41, 5.74) is 2.27. The number of rotatable bonds is 4. The van der Waals surface area contributed by atoms with E-state index in [1.165, 1.54) is 10.7 Å². The Labute approximate surface area is 158 Å². The van der Waals surface area contributed by atoms with E-state index in [9.17, 15) is 0 Å². The van der Waals surface area contributed by atoms with Gasteiger partial charge in [-0.3, -0.25) is 4.99 Å². The number of benzene rings is 1. The minimum Gasteiger partial charge on any atom is -0.368 e. The van der Waals surface area contributed by atoms with Gasteiger partial charge in [0, 0.05) is 49.3 Å². The fourth-order valence-electron chi connectivity index (χ4n) is 2.94. The molecule has 1 saturated heterocycles. The first-order valence-corrected chi connectivity index (χ1v) is 9.84. The van der Waals surface area contributed by atoms with E-state index in [4.69, 9.17) is 11.6 Å². The lowest BCUT2D eigenvalue weighted by molar-refractivity contribution is 0.372. The SMILES string of the molecule is CCc1nc(CNC(=NC)N2CCN(c3cccc(Cl)c3)CC2)cs1. The molecule has 3 rings (SSSR count). The molecule has 0 unspecified atom stereocenters. The van der Waals surface area contributed by atoms with Gasteiger partial charge in [-0.25, -0.2) is 4.98 Å². The molecule has 0 spiro atoms. The van der Waals surface area contributed by atoms with Crippen molar-refractivity contribution < 1.29 is 0 Å². The van der Waals surface area contributed by atoms with Crippen molar-refractivity contribution in [2.45, 2.75) is 19.9 Å². The zero-order chi connectivity index (χ0) is 17.6. The zero-order valence-electron chi connectivity index (χ0n) is 14.7. The van der Waals surface area contributed by atoms with Gasteiger partial charge in [0.05, 0.1) is 17.2 Å². The van der Waals surface area contributed by atoms with E-state index in [1.807, 2.05) is 25.2 Å². The number of hydrogen-bond acceptors (Lipinski definition) is 4. The molecule has 5 nitrogen and oxygen atoms in total. The normalized spacial score (nSPS) is 15.6. The molecule has 0 amide bonds. The third-order valence-corrected chi connectivity index (χ3v) is 5.57. The molecule has 0 aliphatic carbocycles. The van der Waals surface area contributed by atoms with E-state index in [0.717, 1.165) is 55.8 Å². The lowest BCUT2D eigenvalue weighted by Gasteiger charge is -2.37. The summed E-state index contributed by atoms with van der Waals surface area (Å²) in [6.45, 7) is 6.63. The molecular weight excluding hydrogens is 354 g/mol. The quantitative estimate of drug-likeness (QED) is 0.656. The van der Waals surface area contributed by atoms with Crippen molar-refractivity contribution in [1.82, 2.24) is 15.2 Å². The number of halogens is 1. The van der Waals surface area contributed by atoms with Crippen molar-refractivity contribution in [1.29, 1.82) is 0 Å². The predicted octanol–water partition coefficient (Wildman–Crippen LogP) is 3.26. The second kappa shape index (κ2) is 8.54. The van der Waals surface area contributed by atoms with Crippen molar-refractivity contribution in [2.24, 2.45) is 4.99 Å². The van der Waals surface area contributed by atoms with Gasteiger partial charge in [-0.1, -0.05) is 24.6 Å². The van der Waals surface area contributed by atoms with Gasteiger partial charge in [0.1, 0.15) is 0 Å². The molecule has 1 aliphatic heterocycles. The maximum Gasteiger partial charge on any atom is 0.194 e. The van der Waals surface area contributed by atoms with Crippen molar-refractivity contribution in [3.05, 3.63) is 45.4 Å². The van der Waals surface area contributed by atoms with Crippen molar-refractivity contribution >= 4 is 34.6 Å². The average molecular weight is 378 g/mol. The number of anilines is 1. The molecule has 7 heteroatoms. The summed E-state index contributed by atoms with van der Waals surface area (Å²) in [5, 5.41) is 7.52. The topological polar surface area (TPSA) is 43.8 Å². The Morgan fingerprint density at radius 1 is 1.32 bits per heavy atom. The zero-order valence-corrected chi connectivity index (χ0v) is 16.3. The highest BCUT2D eigenvalue weighted by molar-refractivity contribution is 7.09. The average Bonchev–Trinajstić information content (AvgIpc) is 3.11. The minimum atomic E-state index is 0.720. The predicted molar refractivity (Wildman–Crippen MR) is 107 cm³/mol. The second-order valence-corrected chi connectivity index (χ2v) is 7.32. The summed E-state index contributed by atoms with van der Waals surface area (Å²) < 4.78 is 0. The first-order chi connectivity index (χ1) is 12.2. The Hall–Kier alpha value is -1.79. The minimum absolute atomic E-state index is 0.720. The van der Waals surface area contributed by atoms with Crippen molar-refractivity contribution in [3.63, 3.8) is 0 Å². The van der Waals surface area contributed by atoms with Gasteiger partial charge in [-0.2, -0.15) is 0 Å². The van der Waals surface area contributed by atoms with Gasteiger partial charge in [0.15, 0.2) is 5.96 Å². The summed E-state index contributed by atoms with van der Waals surface area (Å²) in [6, 6.07) is 8.05. The van der Waals surface area contributed by atoms with Gasteiger partial charge >= 0.3 is 0 Å². The number of piperazine rings is 1. The monoisotopic (exact) mass is 377 g/mol. The number of thiazole rings is 1. The third kappa shape index (κ3) is 4.64. The molecule has 0 atom stereocenters. The van der Waals surface area contributed by atoms with Gasteiger partial charge in [-0.15, -0.1) is 11.3 Å². The summed E-state index contributed by atoms with van der Waals surface area (Å²) in [5.74, 6) is 0.941. The number of aryl methyl sites for hydroxylation is 1. The number of hydrogen-bond donors (Lipinski definition) is 1. The van der Waals surface area contributed by atoms with Gasteiger partial charge in [0.2, 0.25) is 0 Å². The van der Waals surface area contributed by atoms with Crippen LogP contribution in [-0.4, -0.2) is 49.1 Å². The number of nitrogens with one attached hydrogen (secondary N) is 1. The van der Waals surface area contributed by atoms with E-state index in [1.54, 1.807) is 11.3 Å². The highest BCUT2D eigenvalue weighted by Gasteiger charge is 2.20. The second-order valence-electron chi connectivity index (χ2n) is 5.94. The Balaban J connectivity index is 1.53. The van der Waals surface area contributed by atoms with Crippen LogP contribution < -0.4 is 10.2 Å². The lowest BCUT2D eigenvalue weighted by Crippen LogP contribution is -2.52. The standard InChI is InChI=1S/C18H24ClN5S/c1-3-17-22-15(13-25-17)12-21-18(20-2)24-9-7-23(8-10-24)16-6-4-5-14(19)11-16/h4-6,11,13H,3,7-10,12H2,1-2H3,(H,20,21). The molecule has 0 bridgehead atoms. The molecule has 1 aromatic carbocycles. The molecule has 134 valence electrons. The van der Waals surface area contributed by atoms with Gasteiger partial charge in [0.25, 0.3) is 0 Å². The number of guanidine groups is 1. The first kappa shape index (κ1) is 18.0. The number of nitrogens with zero attached hydrogens (tertiary/aromatic N) is 4. The third-order valence-electron chi connectivity index (χ3n) is 4.29. The van der Waals surface area contributed by atoms with Crippen LogP contribution in [-0.2, 0) is 13.0 Å². The lowest BCUT2D eigenvalue weighted by atomic mass is 10.2. The van der Waals surface area contributed by atoms with Crippen LogP contribution in [0.4, 0.5) is 5.69 Å². The molecule has 1 aliphatic rings. The number of aliphatic imine (C=N–C) groups is 1. The summed E-state index contributed by atoms with van der Waals surface area (Å²) in [4.78, 5) is 13.7. The highest BCUT2D eigenvalue weighted by atomic mass is 35.5. The van der Waals surface area contributed by atoms with E-state index >= 15 is 0 Å². The highest BCUT2D eigenvalue weighted by Crippen LogP contribution is 2.20. The molecule has 1 N–H and O–H groups in total. The van der Waals surface area contributed by atoms with Gasteiger partial charge in [-0.05, 0) is 24.6 Å². The first-order valence-electron chi connectivity index (χ1n) is 8.59. The number of aromatic nitrogens is 1. The largest absolute Gasteiger partial charge is 0.368 e. The smallest absolute Gasteiger partial charge is 0.194 e.